The van der Waals surface area contributed by atoms with Crippen molar-refractivity contribution >= 4 is 0 Å². The lowest BCUT2D eigenvalue weighted by atomic mass is 9.86. The molecule has 1 N–H and O–H groups in total. The summed E-state index contributed by atoms with van der Waals surface area (Å²) in [6.07, 6.45) is 9.32. The maximum Gasteiger partial charge on any atom is 0.0158 e. The third kappa shape index (κ3) is 8.15. The van der Waals surface area contributed by atoms with E-state index >= 15 is 0 Å². The largest absolute Gasteiger partial charge is 0.307 e. The highest BCUT2D eigenvalue weighted by molar-refractivity contribution is 4.89. The van der Waals surface area contributed by atoms with Crippen molar-refractivity contribution in [2.45, 2.75) is 97.6 Å². The zero-order valence-electron chi connectivity index (χ0n) is 12.4. The molecule has 0 aliphatic carbocycles. The Balaban J connectivity index is 4.24. The second-order valence-electron chi connectivity index (χ2n) is 6.50. The molecule has 0 saturated heterocycles. The highest BCUT2D eigenvalue weighted by Gasteiger charge is 2.27. The lowest BCUT2D eigenvalue weighted by Gasteiger charge is -2.38. The van der Waals surface area contributed by atoms with Crippen LogP contribution in [0.2, 0.25) is 0 Å². The first-order valence-corrected chi connectivity index (χ1v) is 7.12. The van der Waals surface area contributed by atoms with Crippen molar-refractivity contribution in [2.75, 3.05) is 0 Å². The lowest BCUT2D eigenvalue weighted by Crippen LogP contribution is -2.52. The van der Waals surface area contributed by atoms with E-state index in [-0.39, 0.29) is 5.54 Å². The summed E-state index contributed by atoms with van der Waals surface area (Å²) in [5.41, 5.74) is 0.568. The fourth-order valence-electron chi connectivity index (χ4n) is 2.49. The molecule has 0 aliphatic heterocycles. The molecule has 0 radical (unpaired) electrons. The molecular formula is C15H33N. The van der Waals surface area contributed by atoms with Gasteiger partial charge in [-0.25, -0.2) is 0 Å². The van der Waals surface area contributed by atoms with E-state index < -0.39 is 0 Å². The quantitative estimate of drug-likeness (QED) is 0.581. The van der Waals surface area contributed by atoms with Crippen molar-refractivity contribution in [1.82, 2.24) is 5.32 Å². The van der Waals surface area contributed by atoms with Crippen LogP contribution in [0.25, 0.3) is 0 Å². The standard InChI is InChI=1S/C15H33N/c1-7-9-11-13-15(6,12-10-8-2)16-14(3,4)5/h16H,7-13H2,1-6H3. The maximum atomic E-state index is 3.83. The van der Waals surface area contributed by atoms with Crippen LogP contribution in [-0.4, -0.2) is 11.1 Å². The van der Waals surface area contributed by atoms with Crippen LogP contribution in [0.5, 0.6) is 0 Å². The van der Waals surface area contributed by atoms with Gasteiger partial charge in [-0.1, -0.05) is 46.0 Å². The summed E-state index contributed by atoms with van der Waals surface area (Å²) < 4.78 is 0. The summed E-state index contributed by atoms with van der Waals surface area (Å²) in [6, 6.07) is 0. The van der Waals surface area contributed by atoms with E-state index in [0.29, 0.717) is 5.54 Å². The molecular weight excluding hydrogens is 194 g/mol. The monoisotopic (exact) mass is 227 g/mol. The van der Waals surface area contributed by atoms with Gasteiger partial charge < -0.3 is 5.32 Å². The van der Waals surface area contributed by atoms with Crippen molar-refractivity contribution < 1.29 is 0 Å². The van der Waals surface area contributed by atoms with Gasteiger partial charge >= 0.3 is 0 Å². The van der Waals surface area contributed by atoms with Gasteiger partial charge in [-0.05, 0) is 40.5 Å². The van der Waals surface area contributed by atoms with E-state index in [2.05, 4.69) is 46.9 Å². The van der Waals surface area contributed by atoms with Gasteiger partial charge in [0.1, 0.15) is 0 Å². The predicted octanol–water partition coefficient (Wildman–Crippen LogP) is 4.90. The van der Waals surface area contributed by atoms with Gasteiger partial charge in [0, 0.05) is 11.1 Å². The minimum absolute atomic E-state index is 0.231. The number of hydrogen-bond acceptors (Lipinski definition) is 1. The van der Waals surface area contributed by atoms with E-state index in [1.165, 1.54) is 44.9 Å². The van der Waals surface area contributed by atoms with Gasteiger partial charge in [0.2, 0.25) is 0 Å². The van der Waals surface area contributed by atoms with Crippen molar-refractivity contribution in [3.63, 3.8) is 0 Å². The highest BCUT2D eigenvalue weighted by Crippen LogP contribution is 2.24. The van der Waals surface area contributed by atoms with Crippen molar-refractivity contribution in [3.8, 4) is 0 Å². The first kappa shape index (κ1) is 16.0. The first-order chi connectivity index (χ1) is 7.33. The Kier molecular flexibility index (Phi) is 7.30. The van der Waals surface area contributed by atoms with Crippen LogP contribution < -0.4 is 5.32 Å². The SMILES string of the molecule is CCCCCC(C)(CCCC)NC(C)(C)C. The van der Waals surface area contributed by atoms with Gasteiger partial charge in [0.25, 0.3) is 0 Å². The van der Waals surface area contributed by atoms with Gasteiger partial charge in [0.05, 0.1) is 0 Å². The summed E-state index contributed by atoms with van der Waals surface area (Å²) >= 11 is 0. The van der Waals surface area contributed by atoms with Gasteiger partial charge in [0.15, 0.2) is 0 Å². The Bertz CT molecular complexity index is 169. The second-order valence-corrected chi connectivity index (χ2v) is 6.50. The Labute approximate surface area is 103 Å². The third-order valence-corrected chi connectivity index (χ3v) is 3.09. The first-order valence-electron chi connectivity index (χ1n) is 7.12. The number of nitrogens with one attached hydrogen (secondary N) is 1. The van der Waals surface area contributed by atoms with Gasteiger partial charge in [-0.3, -0.25) is 0 Å². The molecule has 0 amide bonds. The van der Waals surface area contributed by atoms with Crippen molar-refractivity contribution in [2.24, 2.45) is 0 Å². The zero-order chi connectivity index (χ0) is 12.7. The normalized spacial score (nSPS) is 16.1. The van der Waals surface area contributed by atoms with Crippen LogP contribution >= 0.6 is 0 Å². The molecule has 0 aromatic carbocycles. The molecule has 1 atom stereocenters. The molecule has 1 unspecified atom stereocenters. The molecule has 0 aromatic heterocycles. The van der Waals surface area contributed by atoms with Gasteiger partial charge in [-0.15, -0.1) is 0 Å². The van der Waals surface area contributed by atoms with Crippen LogP contribution in [0, 0.1) is 0 Å². The summed E-state index contributed by atoms with van der Waals surface area (Å²) in [7, 11) is 0. The molecule has 0 saturated carbocycles. The van der Waals surface area contributed by atoms with E-state index in [4.69, 9.17) is 0 Å². The molecule has 1 nitrogen and oxygen atoms in total. The second kappa shape index (κ2) is 7.32. The van der Waals surface area contributed by atoms with Crippen LogP contribution in [0.15, 0.2) is 0 Å². The molecule has 0 bridgehead atoms. The minimum atomic E-state index is 0.231. The van der Waals surface area contributed by atoms with Crippen LogP contribution in [-0.2, 0) is 0 Å². The topological polar surface area (TPSA) is 12.0 Å². The summed E-state index contributed by atoms with van der Waals surface area (Å²) in [6.45, 7) is 13.8. The molecule has 16 heavy (non-hydrogen) atoms. The summed E-state index contributed by atoms with van der Waals surface area (Å²) in [5.74, 6) is 0. The molecule has 0 spiro atoms. The molecule has 0 aliphatic rings. The minimum Gasteiger partial charge on any atom is -0.307 e. The highest BCUT2D eigenvalue weighted by atomic mass is 15.0. The molecule has 0 fully saturated rings. The molecule has 0 rings (SSSR count). The molecule has 0 heterocycles. The van der Waals surface area contributed by atoms with Crippen molar-refractivity contribution in [3.05, 3.63) is 0 Å². The Morgan fingerprint density at radius 2 is 1.25 bits per heavy atom. The maximum absolute atomic E-state index is 3.83. The predicted molar refractivity (Wildman–Crippen MR) is 75.0 cm³/mol. The van der Waals surface area contributed by atoms with Crippen LogP contribution in [0.3, 0.4) is 0 Å². The van der Waals surface area contributed by atoms with E-state index in [9.17, 15) is 0 Å². The summed E-state index contributed by atoms with van der Waals surface area (Å²) in [5, 5.41) is 3.83. The van der Waals surface area contributed by atoms with Gasteiger partial charge in [-0.2, -0.15) is 0 Å². The fraction of sp³-hybridized carbons (Fsp3) is 1.00. The number of hydrogen-bond donors (Lipinski definition) is 1. The Hall–Kier alpha value is -0.0400. The molecule has 98 valence electrons. The van der Waals surface area contributed by atoms with E-state index in [1.54, 1.807) is 0 Å². The average Bonchev–Trinajstić information content (AvgIpc) is 2.12. The number of rotatable bonds is 8. The zero-order valence-corrected chi connectivity index (χ0v) is 12.4. The van der Waals surface area contributed by atoms with Crippen LogP contribution in [0.1, 0.15) is 86.5 Å². The van der Waals surface area contributed by atoms with Crippen molar-refractivity contribution in [1.29, 1.82) is 0 Å². The molecule has 0 aromatic rings. The Morgan fingerprint density at radius 3 is 1.69 bits per heavy atom. The number of unbranched alkanes of at least 4 members (excludes halogenated alkanes) is 3. The third-order valence-electron chi connectivity index (χ3n) is 3.09. The summed E-state index contributed by atoms with van der Waals surface area (Å²) in [4.78, 5) is 0. The lowest BCUT2D eigenvalue weighted by molar-refractivity contribution is 0.223. The van der Waals surface area contributed by atoms with E-state index in [0.717, 1.165) is 0 Å². The average molecular weight is 227 g/mol. The Morgan fingerprint density at radius 1 is 0.750 bits per heavy atom. The molecule has 1 heteroatoms. The fourth-order valence-corrected chi connectivity index (χ4v) is 2.49. The van der Waals surface area contributed by atoms with Crippen LogP contribution in [0.4, 0.5) is 0 Å². The van der Waals surface area contributed by atoms with E-state index in [1.807, 2.05) is 0 Å². The smallest absolute Gasteiger partial charge is 0.0158 e.